The molecule has 0 bridgehead atoms. The Kier molecular flexibility index (Phi) is 7.48. The first kappa shape index (κ1) is 23.7. The van der Waals surface area contributed by atoms with Crippen molar-refractivity contribution in [1.29, 1.82) is 5.26 Å². The van der Waals surface area contributed by atoms with Crippen LogP contribution in [-0.4, -0.2) is 62.8 Å². The van der Waals surface area contributed by atoms with Crippen molar-refractivity contribution >= 4 is 21.6 Å². The van der Waals surface area contributed by atoms with E-state index in [9.17, 15) is 17.6 Å². The molecule has 0 saturated carbocycles. The Labute approximate surface area is 188 Å². The van der Waals surface area contributed by atoms with Gasteiger partial charge in [-0.15, -0.1) is 0 Å². The van der Waals surface area contributed by atoms with Crippen LogP contribution < -0.4 is 4.90 Å². The molecular weight excluding hydrogens is 431 g/mol. The fraction of sp³-hybridized carbons (Fsp3) is 0.391. The molecule has 32 heavy (non-hydrogen) atoms. The summed E-state index contributed by atoms with van der Waals surface area (Å²) < 4.78 is 41.4. The first-order valence-corrected chi connectivity index (χ1v) is 12.1. The maximum atomic E-state index is 14.5. The van der Waals surface area contributed by atoms with Gasteiger partial charge in [-0.25, -0.2) is 12.8 Å². The van der Waals surface area contributed by atoms with Crippen molar-refractivity contribution in [3.8, 4) is 6.07 Å². The van der Waals surface area contributed by atoms with E-state index in [2.05, 4.69) is 11.0 Å². The summed E-state index contributed by atoms with van der Waals surface area (Å²) in [6.45, 7) is 6.13. The molecule has 0 aliphatic carbocycles. The van der Waals surface area contributed by atoms with Crippen molar-refractivity contribution in [2.45, 2.75) is 25.2 Å². The third kappa shape index (κ3) is 4.92. The number of carbonyl (C=O) groups excluding carboxylic acids is 1. The molecule has 2 aromatic rings. The fourth-order valence-electron chi connectivity index (χ4n) is 3.84. The summed E-state index contributed by atoms with van der Waals surface area (Å²) in [7, 11) is -3.80. The molecule has 1 fully saturated rings. The molecule has 0 aromatic heterocycles. The van der Waals surface area contributed by atoms with E-state index in [1.165, 1.54) is 10.4 Å². The lowest BCUT2D eigenvalue weighted by molar-refractivity contribution is 0.0762. The Morgan fingerprint density at radius 3 is 2.38 bits per heavy atom. The molecule has 1 heterocycles. The minimum Gasteiger partial charge on any atom is -0.370 e. The molecule has 1 saturated heterocycles. The smallest absolute Gasteiger partial charge is 0.256 e. The minimum absolute atomic E-state index is 0.0834. The first-order valence-electron chi connectivity index (χ1n) is 10.7. The number of hydrogen-bond donors (Lipinski definition) is 0. The highest BCUT2D eigenvalue weighted by molar-refractivity contribution is 7.89. The van der Waals surface area contributed by atoms with Gasteiger partial charge in [-0.2, -0.15) is 9.57 Å². The molecule has 1 aliphatic heterocycles. The second kappa shape index (κ2) is 10.1. The number of nitrogens with zero attached hydrogens (tertiary/aromatic N) is 4. The van der Waals surface area contributed by atoms with Gasteiger partial charge in [-0.05, 0) is 48.9 Å². The third-order valence-electron chi connectivity index (χ3n) is 5.66. The number of nitriles is 1. The lowest BCUT2D eigenvalue weighted by Gasteiger charge is -2.24. The van der Waals surface area contributed by atoms with Crippen molar-refractivity contribution in [3.63, 3.8) is 0 Å². The Morgan fingerprint density at radius 1 is 1.06 bits per heavy atom. The summed E-state index contributed by atoms with van der Waals surface area (Å²) in [5, 5.41) is 8.96. The lowest BCUT2D eigenvalue weighted by atomic mass is 10.2. The number of halogens is 1. The zero-order valence-corrected chi connectivity index (χ0v) is 19.1. The molecule has 9 heteroatoms. The van der Waals surface area contributed by atoms with Crippen LogP contribution in [0.1, 0.15) is 36.2 Å². The Balaban J connectivity index is 1.79. The maximum Gasteiger partial charge on any atom is 0.256 e. The Hall–Kier alpha value is -2.96. The second-order valence-corrected chi connectivity index (χ2v) is 9.46. The highest BCUT2D eigenvalue weighted by Gasteiger charge is 2.27. The molecule has 2 aromatic carbocycles. The topological polar surface area (TPSA) is 84.7 Å². The van der Waals surface area contributed by atoms with Crippen LogP contribution in [0, 0.1) is 17.1 Å². The third-order valence-corrected chi connectivity index (χ3v) is 7.70. The van der Waals surface area contributed by atoms with Crippen LogP contribution in [0.3, 0.4) is 0 Å². The van der Waals surface area contributed by atoms with Gasteiger partial charge < -0.3 is 9.80 Å². The largest absolute Gasteiger partial charge is 0.370 e. The van der Waals surface area contributed by atoms with Gasteiger partial charge in [0, 0.05) is 45.0 Å². The Bertz CT molecular complexity index is 1110. The predicted octanol–water partition coefficient (Wildman–Crippen LogP) is 3.08. The number of benzene rings is 2. The maximum absolute atomic E-state index is 14.5. The highest BCUT2D eigenvalue weighted by atomic mass is 32.2. The summed E-state index contributed by atoms with van der Waals surface area (Å²) in [6.07, 6.45) is 0.685. The summed E-state index contributed by atoms with van der Waals surface area (Å²) in [4.78, 5) is 16.7. The summed E-state index contributed by atoms with van der Waals surface area (Å²) >= 11 is 0. The van der Waals surface area contributed by atoms with Crippen LogP contribution in [0.5, 0.6) is 0 Å². The number of hydrogen-bond acceptors (Lipinski definition) is 5. The van der Waals surface area contributed by atoms with Gasteiger partial charge in [0.05, 0.1) is 22.1 Å². The normalized spacial score (nSPS) is 14.8. The molecular formula is C23H27FN4O3S. The van der Waals surface area contributed by atoms with Crippen LogP contribution in [0.15, 0.2) is 47.4 Å². The summed E-state index contributed by atoms with van der Waals surface area (Å²) in [5.74, 6) is -1.25. The van der Waals surface area contributed by atoms with Crippen LogP contribution in [-0.2, 0) is 10.0 Å². The van der Waals surface area contributed by atoms with Gasteiger partial charge in [0.2, 0.25) is 10.0 Å². The van der Waals surface area contributed by atoms with E-state index < -0.39 is 21.7 Å². The van der Waals surface area contributed by atoms with Gasteiger partial charge in [0.15, 0.2) is 0 Å². The Morgan fingerprint density at radius 2 is 1.75 bits per heavy atom. The van der Waals surface area contributed by atoms with E-state index in [-0.39, 0.29) is 23.5 Å². The molecule has 0 unspecified atom stereocenters. The minimum atomic E-state index is -3.80. The number of anilines is 1. The predicted molar refractivity (Wildman–Crippen MR) is 120 cm³/mol. The van der Waals surface area contributed by atoms with Gasteiger partial charge in [0.25, 0.3) is 5.91 Å². The van der Waals surface area contributed by atoms with Gasteiger partial charge in [0.1, 0.15) is 5.82 Å². The number of amides is 1. The number of carbonyl (C=O) groups is 1. The molecule has 0 radical (unpaired) electrons. The van der Waals surface area contributed by atoms with E-state index in [0.717, 1.165) is 17.8 Å². The zero-order chi connectivity index (χ0) is 23.3. The van der Waals surface area contributed by atoms with E-state index in [1.54, 1.807) is 30.9 Å². The van der Waals surface area contributed by atoms with E-state index in [0.29, 0.717) is 38.2 Å². The monoisotopic (exact) mass is 458 g/mol. The molecule has 1 aliphatic rings. The van der Waals surface area contributed by atoms with Crippen molar-refractivity contribution < 1.29 is 17.6 Å². The average Bonchev–Trinajstić information content (AvgIpc) is 3.06. The molecule has 3 rings (SSSR count). The van der Waals surface area contributed by atoms with Crippen molar-refractivity contribution in [3.05, 3.63) is 59.4 Å². The number of rotatable bonds is 6. The van der Waals surface area contributed by atoms with E-state index >= 15 is 0 Å². The molecule has 1 amide bonds. The van der Waals surface area contributed by atoms with Gasteiger partial charge in [-0.3, -0.25) is 4.79 Å². The molecule has 0 atom stereocenters. The fourth-order valence-corrected chi connectivity index (χ4v) is 5.32. The number of sulfonamides is 1. The standard InChI is InChI=1S/C23H27FN4O3S/c1-3-28(4-2)32(30,31)20-10-11-22(24)21(16-20)23(29)27-13-5-12-26(14-15-27)19-8-6-18(17-25)7-9-19/h6-11,16H,3-5,12-15H2,1-2H3. The SMILES string of the molecule is CCN(CC)S(=O)(=O)c1ccc(F)c(C(=O)N2CCCN(c3ccc(C#N)cc3)CC2)c1. The van der Waals surface area contributed by atoms with Crippen LogP contribution in [0.4, 0.5) is 10.1 Å². The first-order chi connectivity index (χ1) is 15.3. The zero-order valence-electron chi connectivity index (χ0n) is 18.3. The van der Waals surface area contributed by atoms with E-state index in [1.807, 2.05) is 12.1 Å². The second-order valence-electron chi connectivity index (χ2n) is 7.52. The van der Waals surface area contributed by atoms with Crippen LogP contribution >= 0.6 is 0 Å². The summed E-state index contributed by atoms with van der Waals surface area (Å²) in [6, 6.07) is 12.7. The van der Waals surface area contributed by atoms with Gasteiger partial charge in [-0.1, -0.05) is 13.8 Å². The van der Waals surface area contributed by atoms with Crippen LogP contribution in [0.2, 0.25) is 0 Å². The molecule has 0 N–H and O–H groups in total. The van der Waals surface area contributed by atoms with E-state index in [4.69, 9.17) is 5.26 Å². The highest BCUT2D eigenvalue weighted by Crippen LogP contribution is 2.22. The lowest BCUT2D eigenvalue weighted by Crippen LogP contribution is -2.36. The quantitative estimate of drug-likeness (QED) is 0.664. The summed E-state index contributed by atoms with van der Waals surface area (Å²) in [5.41, 5.74) is 1.30. The van der Waals surface area contributed by atoms with Crippen molar-refractivity contribution in [2.75, 3.05) is 44.2 Å². The van der Waals surface area contributed by atoms with Crippen LogP contribution in [0.25, 0.3) is 0 Å². The van der Waals surface area contributed by atoms with Crippen molar-refractivity contribution in [1.82, 2.24) is 9.21 Å². The molecule has 7 nitrogen and oxygen atoms in total. The van der Waals surface area contributed by atoms with Crippen molar-refractivity contribution in [2.24, 2.45) is 0 Å². The average molecular weight is 459 g/mol. The van der Waals surface area contributed by atoms with Gasteiger partial charge >= 0.3 is 0 Å². The molecule has 170 valence electrons. The molecule has 0 spiro atoms.